The molecule has 0 saturated carbocycles. The van der Waals surface area contributed by atoms with Crippen molar-refractivity contribution >= 4 is 0 Å². The molecule has 2 atom stereocenters. The zero-order valence-electron chi connectivity index (χ0n) is 37.3. The summed E-state index contributed by atoms with van der Waals surface area (Å²) in [6, 6.07) is 62.6. The molecule has 2 fully saturated rings. The van der Waals surface area contributed by atoms with Crippen molar-refractivity contribution in [1.29, 1.82) is 0 Å². The van der Waals surface area contributed by atoms with Crippen LogP contribution in [0.4, 0.5) is 0 Å². The van der Waals surface area contributed by atoms with Gasteiger partial charge in [-0.2, -0.15) is 0 Å². The lowest BCUT2D eigenvalue weighted by Crippen LogP contribution is -2.22. The maximum atomic E-state index is 6.22. The minimum Gasteiger partial charge on any atom is -0.353 e. The Morgan fingerprint density at radius 3 is 0.812 bits per heavy atom. The number of ether oxygens (including phenoxy) is 4. The minimum atomic E-state index is -0.0914. The van der Waals surface area contributed by atoms with Gasteiger partial charge in [0.2, 0.25) is 0 Å². The summed E-state index contributed by atoms with van der Waals surface area (Å²) in [4.78, 5) is 0. The molecule has 7 aromatic rings. The molecule has 4 heteroatoms. The molecule has 0 amide bonds. The predicted molar refractivity (Wildman–Crippen MR) is 259 cm³/mol. The van der Waals surface area contributed by atoms with Crippen LogP contribution in [0.5, 0.6) is 0 Å². The SMILES string of the molecule is c1ccc(Cc2ccccc2Cc2ccccc2Cc2ccc(Cc3ccccc3Cc3ccccc3Cc3ccccc3COC3CCCCO3)cc2)c(COC2CCCCO2)c1. The van der Waals surface area contributed by atoms with E-state index in [2.05, 4.69) is 170 Å². The summed E-state index contributed by atoms with van der Waals surface area (Å²) in [6.45, 7) is 2.75. The third-order valence-corrected chi connectivity index (χ3v) is 13.2. The summed E-state index contributed by atoms with van der Waals surface area (Å²) in [5.41, 5.74) is 18.8. The van der Waals surface area contributed by atoms with Crippen molar-refractivity contribution in [2.45, 2.75) is 103 Å². The lowest BCUT2D eigenvalue weighted by atomic mass is 9.90. The molecule has 326 valence electrons. The zero-order chi connectivity index (χ0) is 43.2. The maximum absolute atomic E-state index is 6.22. The van der Waals surface area contributed by atoms with Gasteiger partial charge in [-0.3, -0.25) is 0 Å². The van der Waals surface area contributed by atoms with E-state index in [1.165, 1.54) is 90.7 Å². The molecule has 2 saturated heterocycles. The molecule has 0 N–H and O–H groups in total. The predicted octanol–water partition coefficient (Wildman–Crippen LogP) is 13.3. The standard InChI is InChI=1S/C60H62O4/c1-3-19-49(39-51-21-5-7-23-53(51)41-55-25-9-11-27-57(55)43-63-59-29-13-15-35-61-59)47(17-1)37-45-31-33-46(34-32-45)38-48-18-2-4-20-50(48)40-52-22-6-8-24-54(52)42-56-26-10-12-28-58(56)44-64-60-30-14-16-36-62-60/h1-12,17-28,31-34,59-60H,13-16,29-30,35-44H2. The van der Waals surface area contributed by atoms with E-state index in [0.29, 0.717) is 13.2 Å². The molecule has 7 aromatic carbocycles. The topological polar surface area (TPSA) is 36.9 Å². The van der Waals surface area contributed by atoms with E-state index in [1.807, 2.05) is 0 Å². The summed E-state index contributed by atoms with van der Waals surface area (Å²) in [5, 5.41) is 0. The third-order valence-electron chi connectivity index (χ3n) is 13.2. The Balaban J connectivity index is 0.844. The van der Waals surface area contributed by atoms with Crippen LogP contribution in [0.1, 0.15) is 116 Å². The van der Waals surface area contributed by atoms with E-state index >= 15 is 0 Å². The molecule has 2 heterocycles. The van der Waals surface area contributed by atoms with Crippen molar-refractivity contribution in [3.63, 3.8) is 0 Å². The molecular formula is C60H62O4. The Hall–Kier alpha value is -5.62. The average Bonchev–Trinajstić information content (AvgIpc) is 3.34. The van der Waals surface area contributed by atoms with E-state index in [0.717, 1.165) is 77.4 Å². The number of hydrogen-bond acceptors (Lipinski definition) is 4. The van der Waals surface area contributed by atoms with Crippen LogP contribution in [-0.4, -0.2) is 25.8 Å². The second-order valence-electron chi connectivity index (χ2n) is 17.7. The molecule has 2 aliphatic heterocycles. The van der Waals surface area contributed by atoms with E-state index in [-0.39, 0.29) is 12.6 Å². The minimum absolute atomic E-state index is 0.0914. The lowest BCUT2D eigenvalue weighted by Gasteiger charge is -2.23. The largest absolute Gasteiger partial charge is 0.353 e. The molecule has 9 rings (SSSR count). The van der Waals surface area contributed by atoms with Crippen LogP contribution in [0.25, 0.3) is 0 Å². The molecule has 0 aliphatic carbocycles. The van der Waals surface area contributed by atoms with Gasteiger partial charge in [0.25, 0.3) is 0 Å². The fraction of sp³-hybridized carbons (Fsp3) is 0.300. The molecule has 0 radical (unpaired) electrons. The van der Waals surface area contributed by atoms with E-state index in [9.17, 15) is 0 Å². The van der Waals surface area contributed by atoms with Crippen LogP contribution in [0.2, 0.25) is 0 Å². The van der Waals surface area contributed by atoms with Gasteiger partial charge < -0.3 is 18.9 Å². The first-order chi connectivity index (χ1) is 31.7. The quantitative estimate of drug-likeness (QED) is 0.0862. The highest BCUT2D eigenvalue weighted by Crippen LogP contribution is 2.27. The smallest absolute Gasteiger partial charge is 0.158 e. The normalized spacial score (nSPS) is 16.4. The molecule has 0 aromatic heterocycles. The van der Waals surface area contributed by atoms with Crippen molar-refractivity contribution in [2.24, 2.45) is 0 Å². The van der Waals surface area contributed by atoms with Crippen LogP contribution >= 0.6 is 0 Å². The second kappa shape index (κ2) is 22.3. The van der Waals surface area contributed by atoms with Gasteiger partial charge in [-0.15, -0.1) is 0 Å². The van der Waals surface area contributed by atoms with Crippen molar-refractivity contribution in [3.8, 4) is 0 Å². The van der Waals surface area contributed by atoms with Crippen molar-refractivity contribution < 1.29 is 18.9 Å². The van der Waals surface area contributed by atoms with Crippen molar-refractivity contribution in [1.82, 2.24) is 0 Å². The summed E-state index contributed by atoms with van der Waals surface area (Å²) >= 11 is 0. The first kappa shape index (κ1) is 43.6. The zero-order valence-corrected chi connectivity index (χ0v) is 37.3. The Morgan fingerprint density at radius 2 is 0.547 bits per heavy atom. The average molecular weight is 847 g/mol. The summed E-state index contributed by atoms with van der Waals surface area (Å²) in [6.07, 6.45) is 11.7. The molecule has 0 bridgehead atoms. The Morgan fingerprint density at radius 1 is 0.297 bits per heavy atom. The maximum Gasteiger partial charge on any atom is 0.158 e. The van der Waals surface area contributed by atoms with Crippen molar-refractivity contribution in [2.75, 3.05) is 13.2 Å². The fourth-order valence-corrected chi connectivity index (χ4v) is 9.44. The first-order valence-corrected chi connectivity index (χ1v) is 23.6. The summed E-state index contributed by atoms with van der Waals surface area (Å²) < 4.78 is 24.2. The van der Waals surface area contributed by atoms with Crippen molar-refractivity contribution in [3.05, 3.63) is 248 Å². The van der Waals surface area contributed by atoms with Gasteiger partial charge in [-0.1, -0.05) is 170 Å². The summed E-state index contributed by atoms with van der Waals surface area (Å²) in [7, 11) is 0. The van der Waals surface area contributed by atoms with E-state index in [4.69, 9.17) is 18.9 Å². The first-order valence-electron chi connectivity index (χ1n) is 23.6. The molecule has 64 heavy (non-hydrogen) atoms. The monoisotopic (exact) mass is 846 g/mol. The Labute approximate surface area is 381 Å². The number of hydrogen-bond donors (Lipinski definition) is 0. The van der Waals surface area contributed by atoms with Crippen LogP contribution in [0, 0.1) is 0 Å². The fourth-order valence-electron chi connectivity index (χ4n) is 9.44. The number of benzene rings is 7. The van der Waals surface area contributed by atoms with Gasteiger partial charge in [-0.05, 0) is 155 Å². The van der Waals surface area contributed by atoms with Gasteiger partial charge in [0.1, 0.15) is 0 Å². The van der Waals surface area contributed by atoms with Gasteiger partial charge in [0.15, 0.2) is 12.6 Å². The third kappa shape index (κ3) is 11.9. The Bertz CT molecular complexity index is 2370. The molecular weight excluding hydrogens is 785 g/mol. The molecule has 4 nitrogen and oxygen atoms in total. The van der Waals surface area contributed by atoms with E-state index in [1.54, 1.807) is 0 Å². The van der Waals surface area contributed by atoms with Gasteiger partial charge in [-0.25, -0.2) is 0 Å². The highest BCUT2D eigenvalue weighted by atomic mass is 16.7. The Kier molecular flexibility index (Phi) is 15.2. The second-order valence-corrected chi connectivity index (χ2v) is 17.7. The highest BCUT2D eigenvalue weighted by Gasteiger charge is 2.18. The van der Waals surface area contributed by atoms with Crippen LogP contribution < -0.4 is 0 Å². The van der Waals surface area contributed by atoms with Crippen LogP contribution in [-0.2, 0) is 70.7 Å². The van der Waals surface area contributed by atoms with Gasteiger partial charge in [0.05, 0.1) is 13.2 Å². The molecule has 2 unspecified atom stereocenters. The highest BCUT2D eigenvalue weighted by molar-refractivity contribution is 5.44. The van der Waals surface area contributed by atoms with Gasteiger partial charge >= 0.3 is 0 Å². The van der Waals surface area contributed by atoms with Gasteiger partial charge in [0, 0.05) is 13.2 Å². The molecule has 2 aliphatic rings. The number of rotatable bonds is 18. The lowest BCUT2D eigenvalue weighted by molar-refractivity contribution is -0.169. The van der Waals surface area contributed by atoms with E-state index < -0.39 is 0 Å². The molecule has 0 spiro atoms. The van der Waals surface area contributed by atoms with Crippen LogP contribution in [0.3, 0.4) is 0 Å². The van der Waals surface area contributed by atoms with Crippen LogP contribution in [0.15, 0.2) is 170 Å². The summed E-state index contributed by atoms with van der Waals surface area (Å²) in [5.74, 6) is 0.